The zero-order valence-corrected chi connectivity index (χ0v) is 12.5. The van der Waals surface area contributed by atoms with Crippen molar-refractivity contribution in [1.82, 2.24) is 4.90 Å². The van der Waals surface area contributed by atoms with Gasteiger partial charge in [0.2, 0.25) is 0 Å². The average Bonchev–Trinajstić information content (AvgIpc) is 2.41. The van der Waals surface area contributed by atoms with Crippen LogP contribution >= 0.6 is 11.6 Å². The summed E-state index contributed by atoms with van der Waals surface area (Å²) in [6.07, 6.45) is 2.45. The fourth-order valence-corrected chi connectivity index (χ4v) is 2.88. The quantitative estimate of drug-likeness (QED) is 0.923. The molecule has 0 bridgehead atoms. The van der Waals surface area contributed by atoms with Gasteiger partial charge >= 0.3 is 0 Å². The van der Waals surface area contributed by atoms with Crippen LogP contribution in [0.5, 0.6) is 5.75 Å². The molecule has 0 radical (unpaired) electrons. The molecule has 4 heteroatoms. The molecule has 2 atom stereocenters. The van der Waals surface area contributed by atoms with Crippen LogP contribution in [0, 0.1) is 5.92 Å². The van der Waals surface area contributed by atoms with Crippen LogP contribution in [0.2, 0.25) is 5.02 Å². The third-order valence-corrected chi connectivity index (χ3v) is 4.30. The number of nitrogens with zero attached hydrogens (tertiary/aromatic N) is 1. The maximum Gasteiger partial charge on any atom is 0.119 e. The third-order valence-electron chi connectivity index (χ3n) is 3.93. The summed E-state index contributed by atoms with van der Waals surface area (Å²) in [5.41, 5.74) is 7.16. The Balaban J connectivity index is 2.04. The summed E-state index contributed by atoms with van der Waals surface area (Å²) in [6, 6.07) is 6.09. The lowest BCUT2D eigenvalue weighted by Gasteiger charge is -2.34. The molecule has 1 fully saturated rings. The summed E-state index contributed by atoms with van der Waals surface area (Å²) in [7, 11) is 1.68. The Morgan fingerprint density at radius 3 is 3.00 bits per heavy atom. The van der Waals surface area contributed by atoms with Gasteiger partial charge in [-0.3, -0.25) is 4.90 Å². The molecule has 1 aliphatic rings. The number of halogens is 1. The minimum atomic E-state index is 0.267. The molecule has 0 aliphatic carbocycles. The molecule has 0 aromatic heterocycles. The van der Waals surface area contributed by atoms with Gasteiger partial charge < -0.3 is 10.5 Å². The van der Waals surface area contributed by atoms with Gasteiger partial charge in [-0.1, -0.05) is 11.6 Å². The number of nitrogens with two attached hydrogens (primary N) is 1. The average molecular weight is 283 g/mol. The van der Waals surface area contributed by atoms with E-state index in [4.69, 9.17) is 22.1 Å². The topological polar surface area (TPSA) is 38.5 Å². The first-order chi connectivity index (χ1) is 9.10. The molecule has 0 spiro atoms. The van der Waals surface area contributed by atoms with Crippen molar-refractivity contribution in [2.75, 3.05) is 20.2 Å². The van der Waals surface area contributed by atoms with Gasteiger partial charge in [0.1, 0.15) is 5.75 Å². The molecule has 19 heavy (non-hydrogen) atoms. The highest BCUT2D eigenvalue weighted by atomic mass is 35.5. The van der Waals surface area contributed by atoms with Crippen molar-refractivity contribution in [3.05, 3.63) is 28.8 Å². The fraction of sp³-hybridized carbons (Fsp3) is 0.600. The van der Waals surface area contributed by atoms with Gasteiger partial charge in [0.15, 0.2) is 0 Å². The van der Waals surface area contributed by atoms with E-state index in [0.29, 0.717) is 5.92 Å². The van der Waals surface area contributed by atoms with Crippen molar-refractivity contribution in [3.8, 4) is 5.75 Å². The number of hydrogen-bond acceptors (Lipinski definition) is 3. The molecule has 2 unspecified atom stereocenters. The van der Waals surface area contributed by atoms with Crippen LogP contribution in [-0.4, -0.2) is 31.1 Å². The predicted octanol–water partition coefficient (Wildman–Crippen LogP) is 2.91. The van der Waals surface area contributed by atoms with Crippen molar-refractivity contribution < 1.29 is 4.74 Å². The smallest absolute Gasteiger partial charge is 0.119 e. The van der Waals surface area contributed by atoms with E-state index in [9.17, 15) is 0 Å². The van der Waals surface area contributed by atoms with Gasteiger partial charge in [-0.25, -0.2) is 0 Å². The van der Waals surface area contributed by atoms with Gasteiger partial charge in [-0.05, 0) is 56.0 Å². The second kappa shape index (κ2) is 6.60. The molecule has 1 aromatic carbocycles. The number of likely N-dealkylation sites (tertiary alicyclic amines) is 1. The standard InChI is InChI=1S/C15H23ClN2O/c1-11(17)12-4-3-7-18(9-12)10-13-8-14(19-2)5-6-15(13)16/h5-6,8,11-12H,3-4,7,9-10,17H2,1-2H3. The molecular formula is C15H23ClN2O. The van der Waals surface area contributed by atoms with Crippen molar-refractivity contribution in [1.29, 1.82) is 0 Å². The lowest BCUT2D eigenvalue weighted by atomic mass is 9.92. The van der Waals surface area contributed by atoms with Gasteiger partial charge in [0, 0.05) is 24.2 Å². The Hall–Kier alpha value is -0.770. The number of ether oxygens (including phenoxy) is 1. The van der Waals surface area contributed by atoms with E-state index in [0.717, 1.165) is 36.0 Å². The summed E-state index contributed by atoms with van der Waals surface area (Å²) in [5.74, 6) is 1.46. The zero-order valence-electron chi connectivity index (χ0n) is 11.7. The van der Waals surface area contributed by atoms with E-state index in [1.54, 1.807) is 7.11 Å². The van der Waals surface area contributed by atoms with Crippen molar-refractivity contribution >= 4 is 11.6 Å². The van der Waals surface area contributed by atoms with Crippen LogP contribution in [0.4, 0.5) is 0 Å². The molecule has 3 nitrogen and oxygen atoms in total. The molecule has 1 heterocycles. The normalized spacial score (nSPS) is 22.2. The molecule has 106 valence electrons. The Labute approximate surface area is 120 Å². The largest absolute Gasteiger partial charge is 0.497 e. The van der Waals surface area contributed by atoms with E-state index in [1.807, 2.05) is 18.2 Å². The highest BCUT2D eigenvalue weighted by Crippen LogP contribution is 2.26. The highest BCUT2D eigenvalue weighted by molar-refractivity contribution is 6.31. The molecule has 1 saturated heterocycles. The fourth-order valence-electron chi connectivity index (χ4n) is 2.70. The number of piperidine rings is 1. The van der Waals surface area contributed by atoms with Crippen LogP contribution in [0.1, 0.15) is 25.3 Å². The van der Waals surface area contributed by atoms with Crippen LogP contribution < -0.4 is 10.5 Å². The summed E-state index contributed by atoms with van der Waals surface area (Å²) in [4.78, 5) is 2.44. The van der Waals surface area contributed by atoms with Crippen LogP contribution in [0.3, 0.4) is 0 Å². The third kappa shape index (κ3) is 3.85. The van der Waals surface area contributed by atoms with E-state index in [1.165, 1.54) is 12.8 Å². The van der Waals surface area contributed by atoms with Gasteiger partial charge in [0.05, 0.1) is 7.11 Å². The second-order valence-corrected chi connectivity index (χ2v) is 5.86. The Morgan fingerprint density at radius 1 is 1.53 bits per heavy atom. The minimum Gasteiger partial charge on any atom is -0.497 e. The molecular weight excluding hydrogens is 260 g/mol. The number of hydrogen-bond donors (Lipinski definition) is 1. The maximum absolute atomic E-state index is 6.26. The zero-order chi connectivity index (χ0) is 13.8. The summed E-state index contributed by atoms with van der Waals surface area (Å²) in [5, 5.41) is 0.809. The van der Waals surface area contributed by atoms with Gasteiger partial charge in [-0.15, -0.1) is 0 Å². The number of methoxy groups -OCH3 is 1. The van der Waals surface area contributed by atoms with Crippen molar-refractivity contribution in [2.45, 2.75) is 32.4 Å². The van der Waals surface area contributed by atoms with Crippen LogP contribution in [0.15, 0.2) is 18.2 Å². The molecule has 0 amide bonds. The van der Waals surface area contributed by atoms with Crippen LogP contribution in [-0.2, 0) is 6.54 Å². The van der Waals surface area contributed by atoms with Crippen molar-refractivity contribution in [3.63, 3.8) is 0 Å². The summed E-state index contributed by atoms with van der Waals surface area (Å²) in [6.45, 7) is 5.16. The minimum absolute atomic E-state index is 0.267. The van der Waals surface area contributed by atoms with E-state index < -0.39 is 0 Å². The van der Waals surface area contributed by atoms with Gasteiger partial charge in [0.25, 0.3) is 0 Å². The first-order valence-corrected chi connectivity index (χ1v) is 7.28. The molecule has 1 aliphatic heterocycles. The van der Waals surface area contributed by atoms with Gasteiger partial charge in [-0.2, -0.15) is 0 Å². The predicted molar refractivity (Wildman–Crippen MR) is 79.7 cm³/mol. The number of benzene rings is 1. The lowest BCUT2D eigenvalue weighted by Crippen LogP contribution is -2.41. The van der Waals surface area contributed by atoms with E-state index >= 15 is 0 Å². The maximum atomic E-state index is 6.26. The van der Waals surface area contributed by atoms with Crippen molar-refractivity contribution in [2.24, 2.45) is 11.7 Å². The highest BCUT2D eigenvalue weighted by Gasteiger charge is 2.23. The number of rotatable bonds is 4. The molecule has 0 saturated carbocycles. The molecule has 2 N–H and O–H groups in total. The van der Waals surface area contributed by atoms with E-state index in [2.05, 4.69) is 11.8 Å². The van der Waals surface area contributed by atoms with Crippen LogP contribution in [0.25, 0.3) is 0 Å². The lowest BCUT2D eigenvalue weighted by molar-refractivity contribution is 0.154. The molecule has 2 rings (SSSR count). The summed E-state index contributed by atoms with van der Waals surface area (Å²) >= 11 is 6.26. The summed E-state index contributed by atoms with van der Waals surface area (Å²) < 4.78 is 5.26. The Kier molecular flexibility index (Phi) is 5.08. The van der Waals surface area contributed by atoms with E-state index in [-0.39, 0.29) is 6.04 Å². The Bertz CT molecular complexity index is 423. The Morgan fingerprint density at radius 2 is 2.32 bits per heavy atom. The SMILES string of the molecule is COc1ccc(Cl)c(CN2CCCC(C(C)N)C2)c1. The second-order valence-electron chi connectivity index (χ2n) is 5.45. The first kappa shape index (κ1) is 14.6. The monoisotopic (exact) mass is 282 g/mol. The first-order valence-electron chi connectivity index (χ1n) is 6.90. The molecule has 1 aromatic rings.